The minimum absolute atomic E-state index is 0.105. The number of hydrogen-bond donors (Lipinski definition) is 2. The third kappa shape index (κ3) is 8.35. The lowest BCUT2D eigenvalue weighted by Gasteiger charge is -2.26. The van der Waals surface area contributed by atoms with Crippen LogP contribution < -0.4 is 0 Å². The zero-order chi connectivity index (χ0) is 28.0. The maximum absolute atomic E-state index is 12.5. The van der Waals surface area contributed by atoms with Crippen molar-refractivity contribution in [3.63, 3.8) is 0 Å². The molecule has 0 saturated carbocycles. The summed E-state index contributed by atoms with van der Waals surface area (Å²) in [5.74, 6) is -0.841. The van der Waals surface area contributed by atoms with Gasteiger partial charge in [0.25, 0.3) is 20.2 Å². The van der Waals surface area contributed by atoms with Crippen molar-refractivity contribution in [2.45, 2.75) is 43.1 Å². The quantitative estimate of drug-likeness (QED) is 0.303. The highest BCUT2D eigenvalue weighted by Gasteiger charge is 2.21. The molecule has 2 aromatic carbocycles. The fraction of sp³-hybridized carbons (Fsp3) is 0.280. The summed E-state index contributed by atoms with van der Waals surface area (Å²) in [6.45, 7) is 10.7. The summed E-state index contributed by atoms with van der Waals surface area (Å²) in [5.41, 5.74) is 2.06. The van der Waals surface area contributed by atoms with Crippen molar-refractivity contribution in [3.05, 3.63) is 84.0 Å². The van der Waals surface area contributed by atoms with Gasteiger partial charge in [0.2, 0.25) is 11.8 Å². The lowest BCUT2D eigenvalue weighted by molar-refractivity contribution is -0.127. The van der Waals surface area contributed by atoms with Gasteiger partial charge < -0.3 is 9.80 Å². The Labute approximate surface area is 217 Å². The molecule has 0 aromatic heterocycles. The Balaban J connectivity index is 2.21. The van der Waals surface area contributed by atoms with E-state index in [4.69, 9.17) is 0 Å². The zero-order valence-electron chi connectivity index (χ0n) is 20.6. The SMILES string of the molecule is C=CC(=O)N(CCCN(Cc1ccc(C)cc1S(=O)(=O)O)C(=O)C=C)Cc1ccc(S(=O)(=O)O)cc1C. The van der Waals surface area contributed by atoms with Crippen molar-refractivity contribution < 1.29 is 35.5 Å². The van der Waals surface area contributed by atoms with Gasteiger partial charge in [0.15, 0.2) is 0 Å². The molecule has 2 N–H and O–H groups in total. The fourth-order valence-corrected chi connectivity index (χ4v) is 5.06. The van der Waals surface area contributed by atoms with Gasteiger partial charge in [0.1, 0.15) is 0 Å². The summed E-state index contributed by atoms with van der Waals surface area (Å²) >= 11 is 0. The predicted molar refractivity (Wildman–Crippen MR) is 138 cm³/mol. The molecule has 0 saturated heterocycles. The first kappa shape index (κ1) is 29.9. The Morgan fingerprint density at radius 1 is 0.811 bits per heavy atom. The van der Waals surface area contributed by atoms with Crippen LogP contribution in [0.3, 0.4) is 0 Å². The second-order valence-corrected chi connectivity index (χ2v) is 11.2. The molecule has 0 aliphatic carbocycles. The van der Waals surface area contributed by atoms with Gasteiger partial charge in [-0.25, -0.2) is 0 Å². The molecule has 10 nitrogen and oxygen atoms in total. The number of nitrogens with zero attached hydrogens (tertiary/aromatic N) is 2. The second kappa shape index (κ2) is 12.3. The van der Waals surface area contributed by atoms with E-state index in [0.29, 0.717) is 23.1 Å². The average molecular weight is 551 g/mol. The van der Waals surface area contributed by atoms with E-state index in [1.54, 1.807) is 19.9 Å². The molecule has 2 amide bonds. The second-order valence-electron chi connectivity index (χ2n) is 8.43. The molecule has 0 unspecified atom stereocenters. The highest BCUT2D eigenvalue weighted by Crippen LogP contribution is 2.21. The van der Waals surface area contributed by atoms with E-state index in [0.717, 1.165) is 12.2 Å². The molecule has 0 spiro atoms. The van der Waals surface area contributed by atoms with Crippen LogP contribution in [0.2, 0.25) is 0 Å². The van der Waals surface area contributed by atoms with E-state index in [-0.39, 0.29) is 47.4 Å². The largest absolute Gasteiger partial charge is 0.335 e. The number of benzene rings is 2. The van der Waals surface area contributed by atoms with Crippen LogP contribution in [0.1, 0.15) is 28.7 Å². The van der Waals surface area contributed by atoms with Gasteiger partial charge in [0, 0.05) is 26.2 Å². The Bertz CT molecular complexity index is 1420. The van der Waals surface area contributed by atoms with Crippen LogP contribution in [0.4, 0.5) is 0 Å². The van der Waals surface area contributed by atoms with Crippen molar-refractivity contribution >= 4 is 32.1 Å². The van der Waals surface area contributed by atoms with Crippen LogP contribution >= 0.6 is 0 Å². The summed E-state index contributed by atoms with van der Waals surface area (Å²) in [5, 5.41) is 0. The van der Waals surface area contributed by atoms with Crippen LogP contribution in [-0.2, 0) is 42.9 Å². The van der Waals surface area contributed by atoms with Gasteiger partial charge in [-0.3, -0.25) is 18.7 Å². The first-order valence-corrected chi connectivity index (χ1v) is 14.0. The van der Waals surface area contributed by atoms with Gasteiger partial charge in [-0.05, 0) is 72.9 Å². The molecule has 12 heteroatoms. The lowest BCUT2D eigenvalue weighted by atomic mass is 10.1. The number of amides is 2. The number of carbonyl (C=O) groups is 2. The molecule has 37 heavy (non-hydrogen) atoms. The molecule has 0 bridgehead atoms. The fourth-order valence-electron chi connectivity index (χ4n) is 3.69. The van der Waals surface area contributed by atoms with Gasteiger partial charge in [0.05, 0.1) is 9.79 Å². The van der Waals surface area contributed by atoms with Crippen LogP contribution in [-0.4, -0.2) is 60.6 Å². The zero-order valence-corrected chi connectivity index (χ0v) is 22.3. The van der Waals surface area contributed by atoms with Crippen molar-refractivity contribution in [1.82, 2.24) is 9.80 Å². The Morgan fingerprint density at radius 2 is 1.32 bits per heavy atom. The van der Waals surface area contributed by atoms with Gasteiger partial charge in [-0.2, -0.15) is 16.8 Å². The minimum atomic E-state index is -4.51. The molecule has 0 heterocycles. The number of hydrogen-bond acceptors (Lipinski definition) is 6. The van der Waals surface area contributed by atoms with Crippen molar-refractivity contribution in [1.29, 1.82) is 0 Å². The first-order valence-electron chi connectivity index (χ1n) is 11.1. The number of aryl methyl sites for hydroxylation is 2. The maximum Gasteiger partial charge on any atom is 0.294 e. The molecule has 0 radical (unpaired) electrons. The van der Waals surface area contributed by atoms with Gasteiger partial charge in [-0.1, -0.05) is 31.4 Å². The molecule has 200 valence electrons. The first-order chi connectivity index (χ1) is 17.2. The minimum Gasteiger partial charge on any atom is -0.335 e. The molecule has 0 atom stereocenters. The standard InChI is InChI=1S/C25H30N2O8S2/c1-5-24(28)26(16-20-10-11-22(15-19(20)4)36(30,31)32)12-7-13-27(25(29)6-2)17-21-9-8-18(3)14-23(21)37(33,34)35/h5-6,8-11,14-15H,1-2,7,12-13,16-17H2,3-4H3,(H,30,31,32)(H,33,34,35). The van der Waals surface area contributed by atoms with Gasteiger partial charge >= 0.3 is 0 Å². The highest BCUT2D eigenvalue weighted by molar-refractivity contribution is 7.86. The summed E-state index contributed by atoms with van der Waals surface area (Å²) in [6, 6.07) is 8.56. The molecule has 0 fully saturated rings. The summed E-state index contributed by atoms with van der Waals surface area (Å²) in [6.07, 6.45) is 2.54. The number of rotatable bonds is 12. The maximum atomic E-state index is 12.5. The third-order valence-electron chi connectivity index (χ3n) is 5.66. The van der Waals surface area contributed by atoms with E-state index in [1.165, 1.54) is 40.1 Å². The van der Waals surface area contributed by atoms with E-state index >= 15 is 0 Å². The predicted octanol–water partition coefficient (Wildman–Crippen LogP) is 2.92. The average Bonchev–Trinajstić information content (AvgIpc) is 2.82. The summed E-state index contributed by atoms with van der Waals surface area (Å²) < 4.78 is 65.3. The normalized spacial score (nSPS) is 11.6. The molecule has 0 aliphatic heterocycles. The Morgan fingerprint density at radius 3 is 1.78 bits per heavy atom. The van der Waals surface area contributed by atoms with Crippen LogP contribution in [0.15, 0.2) is 71.5 Å². The summed E-state index contributed by atoms with van der Waals surface area (Å²) in [4.78, 5) is 27.2. The van der Waals surface area contributed by atoms with Crippen LogP contribution in [0, 0.1) is 13.8 Å². The molecular formula is C25H30N2O8S2. The Hall–Kier alpha value is -3.32. The summed E-state index contributed by atoms with van der Waals surface area (Å²) in [7, 11) is -8.88. The van der Waals surface area contributed by atoms with E-state index < -0.39 is 26.1 Å². The topological polar surface area (TPSA) is 149 Å². The highest BCUT2D eigenvalue weighted by atomic mass is 32.2. The van der Waals surface area contributed by atoms with Crippen LogP contribution in [0.25, 0.3) is 0 Å². The van der Waals surface area contributed by atoms with Gasteiger partial charge in [-0.15, -0.1) is 0 Å². The van der Waals surface area contributed by atoms with Crippen molar-refractivity contribution in [2.75, 3.05) is 13.1 Å². The Kier molecular flexibility index (Phi) is 9.93. The molecule has 0 aliphatic rings. The molecule has 2 rings (SSSR count). The van der Waals surface area contributed by atoms with Crippen molar-refractivity contribution in [2.24, 2.45) is 0 Å². The smallest absolute Gasteiger partial charge is 0.294 e. The van der Waals surface area contributed by atoms with E-state index in [9.17, 15) is 35.5 Å². The number of carbonyl (C=O) groups excluding carboxylic acids is 2. The third-order valence-corrected chi connectivity index (χ3v) is 7.45. The van der Waals surface area contributed by atoms with E-state index in [2.05, 4.69) is 13.2 Å². The molecule has 2 aromatic rings. The lowest BCUT2D eigenvalue weighted by Crippen LogP contribution is -2.35. The van der Waals surface area contributed by atoms with E-state index in [1.807, 2.05) is 0 Å². The molecular weight excluding hydrogens is 520 g/mol. The van der Waals surface area contributed by atoms with Crippen molar-refractivity contribution in [3.8, 4) is 0 Å². The monoisotopic (exact) mass is 550 g/mol. The van der Waals surface area contributed by atoms with Crippen LogP contribution in [0.5, 0.6) is 0 Å².